The predicted octanol–water partition coefficient (Wildman–Crippen LogP) is 15.4. The zero-order valence-electron chi connectivity index (χ0n) is 37.0. The van der Waals surface area contributed by atoms with Gasteiger partial charge in [0.15, 0.2) is 6.10 Å². The molecule has 0 bridgehead atoms. The Labute approximate surface area is 341 Å². The number of ether oxygens (including phenoxy) is 3. The second kappa shape index (κ2) is 44.9. The smallest absolute Gasteiger partial charge is 0.306 e. The molecule has 1 unspecified atom stereocenters. The Morgan fingerprint density at radius 3 is 0.909 bits per heavy atom. The van der Waals surface area contributed by atoms with E-state index in [1.165, 1.54) is 161 Å². The largest absolute Gasteiger partial charge is 0.462 e. The van der Waals surface area contributed by atoms with Gasteiger partial charge in [-0.1, -0.05) is 213 Å². The van der Waals surface area contributed by atoms with Gasteiger partial charge in [0.05, 0.1) is 0 Å². The summed E-state index contributed by atoms with van der Waals surface area (Å²) in [5.74, 6) is -0.866. The Kier molecular flexibility index (Phi) is 43.4. The zero-order chi connectivity index (χ0) is 40.1. The second-order valence-electron chi connectivity index (χ2n) is 16.4. The minimum absolute atomic E-state index is 0.0678. The average Bonchev–Trinajstić information content (AvgIpc) is 3.18. The predicted molar refractivity (Wildman–Crippen MR) is 233 cm³/mol. The molecule has 0 aliphatic rings. The van der Waals surface area contributed by atoms with Crippen LogP contribution in [0, 0.1) is 0 Å². The molecular formula is C49H92O6. The highest BCUT2D eigenvalue weighted by Crippen LogP contribution is 2.15. The fourth-order valence-corrected chi connectivity index (χ4v) is 7.08. The van der Waals surface area contributed by atoms with Crippen LogP contribution in [0.1, 0.15) is 265 Å². The first-order valence-electron chi connectivity index (χ1n) is 24.2. The van der Waals surface area contributed by atoms with E-state index in [0.29, 0.717) is 19.3 Å². The molecule has 0 radical (unpaired) electrons. The highest BCUT2D eigenvalue weighted by atomic mass is 16.6. The van der Waals surface area contributed by atoms with Crippen molar-refractivity contribution in [2.75, 3.05) is 13.2 Å². The van der Waals surface area contributed by atoms with Crippen molar-refractivity contribution < 1.29 is 28.6 Å². The van der Waals surface area contributed by atoms with Crippen LogP contribution in [0.5, 0.6) is 0 Å². The first-order valence-corrected chi connectivity index (χ1v) is 24.2. The first kappa shape index (κ1) is 53.1. The van der Waals surface area contributed by atoms with E-state index in [1.807, 2.05) is 0 Å². The summed E-state index contributed by atoms with van der Waals surface area (Å²) in [5.41, 5.74) is 0. The average molecular weight is 777 g/mol. The van der Waals surface area contributed by atoms with E-state index in [9.17, 15) is 14.4 Å². The van der Waals surface area contributed by atoms with Gasteiger partial charge in [-0.15, -0.1) is 0 Å². The summed E-state index contributed by atoms with van der Waals surface area (Å²) in [4.78, 5) is 37.8. The monoisotopic (exact) mass is 777 g/mol. The van der Waals surface area contributed by atoms with Crippen LogP contribution >= 0.6 is 0 Å². The maximum atomic E-state index is 12.7. The van der Waals surface area contributed by atoms with E-state index < -0.39 is 6.10 Å². The van der Waals surface area contributed by atoms with Gasteiger partial charge >= 0.3 is 17.9 Å². The van der Waals surface area contributed by atoms with Crippen LogP contribution in [0.25, 0.3) is 0 Å². The molecule has 0 saturated carbocycles. The Balaban J connectivity index is 4.34. The SMILES string of the molecule is CCCCCCC/C=C\CCCCCCCC(=O)OCC(COC(=O)CCCCCCCCCCCCC)OC(=O)CCCCCCCCCCCCCC. The maximum Gasteiger partial charge on any atom is 0.306 e. The van der Waals surface area contributed by atoms with Gasteiger partial charge in [0.25, 0.3) is 0 Å². The van der Waals surface area contributed by atoms with Crippen LogP contribution in [0.15, 0.2) is 12.2 Å². The van der Waals surface area contributed by atoms with Gasteiger partial charge in [0, 0.05) is 19.3 Å². The van der Waals surface area contributed by atoms with Crippen molar-refractivity contribution >= 4 is 17.9 Å². The fraction of sp³-hybridized carbons (Fsp3) is 0.898. The summed E-state index contributed by atoms with van der Waals surface area (Å²) in [6.07, 6.45) is 47.6. The molecule has 0 spiro atoms. The first-order chi connectivity index (χ1) is 27.0. The Bertz CT molecular complexity index is 854. The van der Waals surface area contributed by atoms with E-state index in [0.717, 1.165) is 64.2 Å². The van der Waals surface area contributed by atoms with Gasteiger partial charge in [-0.25, -0.2) is 0 Å². The Hall–Kier alpha value is -1.85. The summed E-state index contributed by atoms with van der Waals surface area (Å²) in [6, 6.07) is 0. The summed E-state index contributed by atoms with van der Waals surface area (Å²) in [7, 11) is 0. The number of esters is 3. The van der Waals surface area contributed by atoms with Crippen molar-refractivity contribution in [2.24, 2.45) is 0 Å². The molecule has 324 valence electrons. The Morgan fingerprint density at radius 1 is 0.345 bits per heavy atom. The molecule has 0 aromatic heterocycles. The van der Waals surface area contributed by atoms with Crippen molar-refractivity contribution in [2.45, 2.75) is 271 Å². The van der Waals surface area contributed by atoms with E-state index in [-0.39, 0.29) is 31.1 Å². The molecule has 0 fully saturated rings. The molecule has 6 heteroatoms. The number of unbranched alkanes of at least 4 members (excludes halogenated alkanes) is 31. The van der Waals surface area contributed by atoms with E-state index in [2.05, 4.69) is 32.9 Å². The highest BCUT2D eigenvalue weighted by molar-refractivity contribution is 5.71. The zero-order valence-corrected chi connectivity index (χ0v) is 37.0. The highest BCUT2D eigenvalue weighted by Gasteiger charge is 2.19. The number of allylic oxidation sites excluding steroid dienone is 2. The number of hydrogen-bond acceptors (Lipinski definition) is 6. The lowest BCUT2D eigenvalue weighted by Crippen LogP contribution is -2.30. The molecule has 0 heterocycles. The standard InChI is InChI=1S/C49H92O6/c1-4-7-10-13-16-19-22-24-25-28-30-33-36-39-42-48(51)54-45-46(44-53-47(50)41-38-35-32-29-26-21-18-15-12-9-6-3)55-49(52)43-40-37-34-31-27-23-20-17-14-11-8-5-2/h22,24,46H,4-21,23,25-45H2,1-3H3/b24-22-. The molecule has 0 amide bonds. The fourth-order valence-electron chi connectivity index (χ4n) is 7.08. The number of carbonyl (C=O) groups is 3. The summed E-state index contributed by atoms with van der Waals surface area (Å²) < 4.78 is 16.7. The van der Waals surface area contributed by atoms with Gasteiger partial charge in [-0.2, -0.15) is 0 Å². The van der Waals surface area contributed by atoms with Gasteiger partial charge < -0.3 is 14.2 Å². The third kappa shape index (κ3) is 43.1. The van der Waals surface area contributed by atoms with Gasteiger partial charge in [0.2, 0.25) is 0 Å². The van der Waals surface area contributed by atoms with Crippen molar-refractivity contribution in [3.63, 3.8) is 0 Å². The van der Waals surface area contributed by atoms with Gasteiger partial charge in [-0.3, -0.25) is 14.4 Å². The number of rotatable bonds is 44. The van der Waals surface area contributed by atoms with Crippen LogP contribution in [0.4, 0.5) is 0 Å². The molecule has 0 aliphatic heterocycles. The van der Waals surface area contributed by atoms with Gasteiger partial charge in [0.1, 0.15) is 13.2 Å². The molecular weight excluding hydrogens is 685 g/mol. The number of hydrogen-bond donors (Lipinski definition) is 0. The second-order valence-corrected chi connectivity index (χ2v) is 16.4. The van der Waals surface area contributed by atoms with Crippen molar-refractivity contribution in [1.29, 1.82) is 0 Å². The molecule has 0 rings (SSSR count). The lowest BCUT2D eigenvalue weighted by Gasteiger charge is -2.18. The summed E-state index contributed by atoms with van der Waals surface area (Å²) in [5, 5.41) is 0. The third-order valence-corrected chi connectivity index (χ3v) is 10.8. The minimum atomic E-state index is -0.764. The van der Waals surface area contributed by atoms with Crippen LogP contribution < -0.4 is 0 Å². The number of carbonyl (C=O) groups excluding carboxylic acids is 3. The van der Waals surface area contributed by atoms with Crippen molar-refractivity contribution in [3.05, 3.63) is 12.2 Å². The minimum Gasteiger partial charge on any atom is -0.462 e. The van der Waals surface area contributed by atoms with E-state index >= 15 is 0 Å². The summed E-state index contributed by atoms with van der Waals surface area (Å²) >= 11 is 0. The van der Waals surface area contributed by atoms with Crippen LogP contribution in [-0.2, 0) is 28.6 Å². The lowest BCUT2D eigenvalue weighted by atomic mass is 10.0. The normalized spacial score (nSPS) is 12.0. The van der Waals surface area contributed by atoms with Crippen LogP contribution in [-0.4, -0.2) is 37.2 Å². The molecule has 0 aromatic carbocycles. The van der Waals surface area contributed by atoms with Crippen LogP contribution in [0.2, 0.25) is 0 Å². The Morgan fingerprint density at radius 2 is 0.600 bits per heavy atom. The summed E-state index contributed by atoms with van der Waals surface area (Å²) in [6.45, 7) is 6.63. The molecule has 55 heavy (non-hydrogen) atoms. The van der Waals surface area contributed by atoms with Crippen molar-refractivity contribution in [3.8, 4) is 0 Å². The van der Waals surface area contributed by atoms with E-state index in [4.69, 9.17) is 14.2 Å². The quantitative estimate of drug-likeness (QED) is 0.0265. The molecule has 1 atom stereocenters. The molecule has 0 saturated heterocycles. The van der Waals surface area contributed by atoms with E-state index in [1.54, 1.807) is 0 Å². The molecule has 6 nitrogen and oxygen atoms in total. The van der Waals surface area contributed by atoms with Crippen LogP contribution in [0.3, 0.4) is 0 Å². The third-order valence-electron chi connectivity index (χ3n) is 10.8. The molecule has 0 N–H and O–H groups in total. The lowest BCUT2D eigenvalue weighted by molar-refractivity contribution is -0.167. The van der Waals surface area contributed by atoms with Gasteiger partial charge in [-0.05, 0) is 44.9 Å². The molecule has 0 aromatic rings. The maximum absolute atomic E-state index is 12.7. The van der Waals surface area contributed by atoms with Crippen molar-refractivity contribution in [1.82, 2.24) is 0 Å². The molecule has 0 aliphatic carbocycles. The topological polar surface area (TPSA) is 78.9 Å².